The summed E-state index contributed by atoms with van der Waals surface area (Å²) in [5, 5.41) is 16.3. The van der Waals surface area contributed by atoms with E-state index in [1.807, 2.05) is 0 Å². The highest BCUT2D eigenvalue weighted by molar-refractivity contribution is 6.31. The summed E-state index contributed by atoms with van der Waals surface area (Å²) in [6.07, 6.45) is 4.07. The van der Waals surface area contributed by atoms with Gasteiger partial charge in [0, 0.05) is 11.1 Å². The molecule has 1 aliphatic heterocycles. The van der Waals surface area contributed by atoms with E-state index in [0.29, 0.717) is 16.4 Å². The second kappa shape index (κ2) is 6.19. The summed E-state index contributed by atoms with van der Waals surface area (Å²) in [7, 11) is 0. The van der Waals surface area contributed by atoms with Gasteiger partial charge in [-0.2, -0.15) is 5.10 Å². The van der Waals surface area contributed by atoms with E-state index < -0.39 is 11.8 Å². The number of carbonyl (C=O) groups is 2. The average molecular weight is 334 g/mol. The van der Waals surface area contributed by atoms with Crippen LogP contribution in [0.25, 0.3) is 5.69 Å². The van der Waals surface area contributed by atoms with E-state index in [-0.39, 0.29) is 18.8 Å². The Morgan fingerprint density at radius 1 is 1.30 bits per heavy atom. The lowest BCUT2D eigenvalue weighted by molar-refractivity contribution is -0.137. The summed E-state index contributed by atoms with van der Waals surface area (Å²) in [4.78, 5) is 28.8. The molecule has 2 amide bonds. The molecule has 118 valence electrons. The van der Waals surface area contributed by atoms with E-state index >= 15 is 0 Å². The Bertz CT molecular complexity index is 788. The van der Waals surface area contributed by atoms with Crippen LogP contribution in [-0.4, -0.2) is 49.7 Å². The molecule has 2 N–H and O–H groups in total. The van der Waals surface area contributed by atoms with Crippen LogP contribution in [0, 0.1) is 0 Å². The molecule has 0 fully saturated rings. The smallest absolute Gasteiger partial charge is 0.277 e. The maximum atomic E-state index is 12.2. The Labute approximate surface area is 136 Å². The third-order valence-corrected chi connectivity index (χ3v) is 3.46. The van der Waals surface area contributed by atoms with Gasteiger partial charge < -0.3 is 10.4 Å². The molecule has 9 heteroatoms. The Kier molecular flexibility index (Phi) is 4.09. The molecular weight excluding hydrogens is 322 g/mol. The number of benzene rings is 1. The van der Waals surface area contributed by atoms with Crippen molar-refractivity contribution in [3.63, 3.8) is 0 Å². The van der Waals surface area contributed by atoms with Crippen molar-refractivity contribution in [1.29, 1.82) is 0 Å². The molecule has 0 atom stereocenters. The molecule has 2 heterocycles. The minimum atomic E-state index is -0.506. The van der Waals surface area contributed by atoms with Gasteiger partial charge in [-0.1, -0.05) is 11.6 Å². The van der Waals surface area contributed by atoms with Crippen LogP contribution in [0.5, 0.6) is 0 Å². The van der Waals surface area contributed by atoms with Crippen molar-refractivity contribution in [2.24, 2.45) is 0 Å². The fourth-order valence-electron chi connectivity index (χ4n) is 2.20. The Hall–Kier alpha value is -2.71. The molecule has 3 rings (SSSR count). The number of halogens is 1. The van der Waals surface area contributed by atoms with Crippen molar-refractivity contribution in [3.05, 3.63) is 47.6 Å². The maximum Gasteiger partial charge on any atom is 0.277 e. The summed E-state index contributed by atoms with van der Waals surface area (Å²) in [6, 6.07) is 5.01. The third-order valence-electron chi connectivity index (χ3n) is 3.23. The van der Waals surface area contributed by atoms with E-state index in [4.69, 9.17) is 16.7 Å². The number of aromatic nitrogens is 3. The number of hydrogen-bond donors (Lipinski definition) is 2. The number of anilines is 1. The summed E-state index contributed by atoms with van der Waals surface area (Å²) in [6.45, 7) is -0.342. The number of hydrogen-bond acceptors (Lipinski definition) is 6. The van der Waals surface area contributed by atoms with Crippen LogP contribution in [-0.2, 0) is 9.59 Å². The number of nitrogens with zero attached hydrogens (tertiary/aromatic N) is 4. The van der Waals surface area contributed by atoms with Crippen molar-refractivity contribution in [2.75, 3.05) is 18.5 Å². The van der Waals surface area contributed by atoms with E-state index in [0.717, 1.165) is 4.90 Å². The molecule has 2 aromatic rings. The number of nitrogens with one attached hydrogen (secondary N) is 1. The first kappa shape index (κ1) is 15.2. The van der Waals surface area contributed by atoms with Gasteiger partial charge in [0.15, 0.2) is 0 Å². The summed E-state index contributed by atoms with van der Waals surface area (Å²) in [5.74, 6) is -0.982. The molecule has 0 unspecified atom stereocenters. The van der Waals surface area contributed by atoms with Crippen molar-refractivity contribution in [1.82, 2.24) is 19.7 Å². The van der Waals surface area contributed by atoms with E-state index in [1.54, 1.807) is 18.2 Å². The zero-order chi connectivity index (χ0) is 16.4. The predicted octanol–water partition coefficient (Wildman–Crippen LogP) is 0.578. The normalized spacial score (nSPS) is 14.3. The third kappa shape index (κ3) is 2.94. The highest BCUT2D eigenvalue weighted by Gasteiger charge is 2.31. The fraction of sp³-hybridized carbons (Fsp3) is 0.143. The molecule has 8 nitrogen and oxygen atoms in total. The number of aliphatic hydroxyl groups is 1. The summed E-state index contributed by atoms with van der Waals surface area (Å²) >= 11 is 6.01. The molecule has 0 saturated heterocycles. The zero-order valence-electron chi connectivity index (χ0n) is 11.8. The molecule has 0 spiro atoms. The van der Waals surface area contributed by atoms with Crippen molar-refractivity contribution in [3.8, 4) is 5.69 Å². The van der Waals surface area contributed by atoms with Gasteiger partial charge in [0.05, 0.1) is 24.5 Å². The Morgan fingerprint density at radius 3 is 2.83 bits per heavy atom. The molecule has 1 aromatic heterocycles. The maximum absolute atomic E-state index is 12.2. The molecule has 0 bridgehead atoms. The number of rotatable bonds is 5. The first-order valence-corrected chi connectivity index (χ1v) is 7.08. The molecule has 0 aliphatic carbocycles. The SMILES string of the molecule is O=C1C=C(Nc2cc(Cl)ccc2-n2cncn2)C(=O)N1CCO. The standard InChI is InChI=1S/C14H12ClN5O3/c15-9-1-2-12(20-8-16-7-17-20)10(5-9)18-11-6-13(22)19(3-4-21)14(11)23/h1-2,5-8,18,21H,3-4H2. The predicted molar refractivity (Wildman–Crippen MR) is 81.9 cm³/mol. The lowest BCUT2D eigenvalue weighted by Crippen LogP contribution is -2.34. The molecule has 23 heavy (non-hydrogen) atoms. The molecule has 1 aromatic carbocycles. The van der Waals surface area contributed by atoms with Crippen molar-refractivity contribution >= 4 is 29.1 Å². The van der Waals surface area contributed by atoms with Crippen molar-refractivity contribution < 1.29 is 14.7 Å². The van der Waals surface area contributed by atoms with E-state index in [9.17, 15) is 9.59 Å². The lowest BCUT2D eigenvalue weighted by atomic mass is 10.2. The largest absolute Gasteiger partial charge is 0.395 e. The number of β-amino-alcohol motifs (C(OH)–C–C–N with tert-alkyl or cyclic N) is 1. The number of amides is 2. The topological polar surface area (TPSA) is 100 Å². The van der Waals surface area contributed by atoms with Crippen LogP contribution in [0.2, 0.25) is 5.02 Å². The molecular formula is C14H12ClN5O3. The fourth-order valence-corrected chi connectivity index (χ4v) is 2.37. The quantitative estimate of drug-likeness (QED) is 0.776. The van der Waals surface area contributed by atoms with Crippen LogP contribution in [0.4, 0.5) is 5.69 Å². The Morgan fingerprint density at radius 2 is 2.13 bits per heavy atom. The molecule has 0 radical (unpaired) electrons. The summed E-state index contributed by atoms with van der Waals surface area (Å²) in [5.41, 5.74) is 1.22. The van der Waals surface area contributed by atoms with Gasteiger partial charge in [-0.15, -0.1) is 0 Å². The lowest BCUT2D eigenvalue weighted by Gasteiger charge is -2.15. The first-order chi connectivity index (χ1) is 11.1. The highest BCUT2D eigenvalue weighted by atomic mass is 35.5. The molecule has 0 saturated carbocycles. The number of carbonyl (C=O) groups excluding carboxylic acids is 2. The van der Waals surface area contributed by atoms with Crippen molar-refractivity contribution in [2.45, 2.75) is 0 Å². The second-order valence-corrected chi connectivity index (χ2v) is 5.14. The van der Waals surface area contributed by atoms with Gasteiger partial charge >= 0.3 is 0 Å². The van der Waals surface area contributed by atoms with Crippen LogP contribution in [0.15, 0.2) is 42.6 Å². The number of imide groups is 1. The van der Waals surface area contributed by atoms with Crippen LogP contribution >= 0.6 is 11.6 Å². The molecule has 1 aliphatic rings. The van der Waals surface area contributed by atoms with Gasteiger partial charge in [-0.3, -0.25) is 14.5 Å². The van der Waals surface area contributed by atoms with E-state index in [1.165, 1.54) is 23.4 Å². The van der Waals surface area contributed by atoms with Gasteiger partial charge in [0.1, 0.15) is 18.4 Å². The number of aliphatic hydroxyl groups excluding tert-OH is 1. The van der Waals surface area contributed by atoms with Crippen LogP contribution in [0.1, 0.15) is 0 Å². The minimum Gasteiger partial charge on any atom is -0.395 e. The van der Waals surface area contributed by atoms with Gasteiger partial charge in [0.25, 0.3) is 11.8 Å². The minimum absolute atomic E-state index is 0.0508. The zero-order valence-corrected chi connectivity index (χ0v) is 12.6. The summed E-state index contributed by atoms with van der Waals surface area (Å²) < 4.78 is 1.51. The van der Waals surface area contributed by atoms with Gasteiger partial charge in [-0.25, -0.2) is 9.67 Å². The van der Waals surface area contributed by atoms with E-state index in [2.05, 4.69) is 15.4 Å². The monoisotopic (exact) mass is 333 g/mol. The van der Waals surface area contributed by atoms with Gasteiger partial charge in [0.2, 0.25) is 0 Å². The van der Waals surface area contributed by atoms with Crippen LogP contribution in [0.3, 0.4) is 0 Å². The average Bonchev–Trinajstić information content (AvgIpc) is 3.13. The Balaban J connectivity index is 1.92. The van der Waals surface area contributed by atoms with Gasteiger partial charge in [-0.05, 0) is 18.2 Å². The first-order valence-electron chi connectivity index (χ1n) is 6.70. The second-order valence-electron chi connectivity index (χ2n) is 4.70. The van der Waals surface area contributed by atoms with Crippen LogP contribution < -0.4 is 5.32 Å². The highest BCUT2D eigenvalue weighted by Crippen LogP contribution is 2.26.